The molecule has 1 aliphatic carbocycles. The summed E-state index contributed by atoms with van der Waals surface area (Å²) in [7, 11) is 0. The van der Waals surface area contributed by atoms with Gasteiger partial charge in [0, 0.05) is 18.5 Å². The molecular formula is C10H18N2O. The van der Waals surface area contributed by atoms with E-state index in [1.54, 1.807) is 4.90 Å². The molecule has 3 heteroatoms. The van der Waals surface area contributed by atoms with E-state index >= 15 is 0 Å². The fourth-order valence-corrected chi connectivity index (χ4v) is 2.61. The molecule has 0 unspecified atom stereocenters. The molecule has 1 spiro atoms. The van der Waals surface area contributed by atoms with E-state index in [-0.39, 0.29) is 6.03 Å². The van der Waals surface area contributed by atoms with Crippen LogP contribution in [-0.4, -0.2) is 24.0 Å². The molecule has 2 amide bonds. The summed E-state index contributed by atoms with van der Waals surface area (Å²) in [4.78, 5) is 12.6. The van der Waals surface area contributed by atoms with Gasteiger partial charge in [-0.3, -0.25) is 0 Å². The van der Waals surface area contributed by atoms with Crippen LogP contribution in [0, 0.1) is 11.3 Å². The van der Waals surface area contributed by atoms with Crippen molar-refractivity contribution in [2.24, 2.45) is 17.1 Å². The van der Waals surface area contributed by atoms with Crippen LogP contribution in [-0.2, 0) is 0 Å². The van der Waals surface area contributed by atoms with Crippen molar-refractivity contribution in [1.29, 1.82) is 0 Å². The Labute approximate surface area is 79.3 Å². The fraction of sp³-hybridized carbons (Fsp3) is 0.900. The Balaban J connectivity index is 1.86. The van der Waals surface area contributed by atoms with Gasteiger partial charge in [-0.2, -0.15) is 0 Å². The summed E-state index contributed by atoms with van der Waals surface area (Å²) in [5.74, 6) is 0.883. The minimum absolute atomic E-state index is 0.246. The lowest BCUT2D eigenvalue weighted by atomic mass is 9.66. The molecule has 13 heavy (non-hydrogen) atoms. The first kappa shape index (κ1) is 8.85. The maximum atomic E-state index is 10.8. The van der Waals surface area contributed by atoms with E-state index < -0.39 is 0 Å². The lowest BCUT2D eigenvalue weighted by Gasteiger charge is -2.52. The molecule has 0 aromatic carbocycles. The van der Waals surface area contributed by atoms with Gasteiger partial charge in [-0.1, -0.05) is 19.8 Å². The minimum Gasteiger partial charge on any atom is -0.351 e. The number of nitrogens with zero attached hydrogens (tertiary/aromatic N) is 1. The van der Waals surface area contributed by atoms with Gasteiger partial charge >= 0.3 is 6.03 Å². The maximum absolute atomic E-state index is 10.8. The number of urea groups is 1. The Morgan fingerprint density at radius 3 is 2.38 bits per heavy atom. The zero-order valence-corrected chi connectivity index (χ0v) is 8.25. The van der Waals surface area contributed by atoms with Crippen molar-refractivity contribution >= 4 is 6.03 Å². The second-order valence-electron chi connectivity index (χ2n) is 4.88. The number of carbonyl (C=O) groups excluding carboxylic acids is 1. The van der Waals surface area contributed by atoms with Crippen molar-refractivity contribution in [3.05, 3.63) is 0 Å². The Morgan fingerprint density at radius 2 is 1.92 bits per heavy atom. The summed E-state index contributed by atoms with van der Waals surface area (Å²) in [6.07, 6.45) is 5.23. The molecule has 1 saturated carbocycles. The molecule has 0 atom stereocenters. The van der Waals surface area contributed by atoms with Crippen LogP contribution < -0.4 is 5.73 Å². The molecule has 1 heterocycles. The van der Waals surface area contributed by atoms with E-state index in [1.807, 2.05) is 0 Å². The first-order chi connectivity index (χ1) is 6.11. The second-order valence-corrected chi connectivity index (χ2v) is 4.88. The molecule has 74 valence electrons. The number of primary amides is 1. The highest BCUT2D eigenvalue weighted by Gasteiger charge is 2.45. The minimum atomic E-state index is -0.246. The summed E-state index contributed by atoms with van der Waals surface area (Å²) in [6.45, 7) is 4.14. The molecule has 2 aliphatic rings. The fourth-order valence-electron chi connectivity index (χ4n) is 2.61. The Hall–Kier alpha value is -0.730. The maximum Gasteiger partial charge on any atom is 0.314 e. The molecule has 1 saturated heterocycles. The van der Waals surface area contributed by atoms with Gasteiger partial charge in [0.25, 0.3) is 0 Å². The van der Waals surface area contributed by atoms with Gasteiger partial charge in [-0.05, 0) is 18.8 Å². The number of rotatable bonds is 0. The quantitative estimate of drug-likeness (QED) is 0.607. The van der Waals surface area contributed by atoms with Gasteiger partial charge < -0.3 is 10.6 Å². The highest BCUT2D eigenvalue weighted by atomic mass is 16.2. The smallest absolute Gasteiger partial charge is 0.314 e. The van der Waals surface area contributed by atoms with Crippen LogP contribution in [0.15, 0.2) is 0 Å². The normalized spacial score (nSPS) is 27.3. The Kier molecular flexibility index (Phi) is 1.97. The molecule has 3 nitrogen and oxygen atoms in total. The number of nitrogens with two attached hydrogens (primary N) is 1. The summed E-state index contributed by atoms with van der Waals surface area (Å²) in [6, 6.07) is -0.246. The van der Waals surface area contributed by atoms with Crippen molar-refractivity contribution in [3.8, 4) is 0 Å². The molecular weight excluding hydrogens is 164 g/mol. The van der Waals surface area contributed by atoms with Crippen LogP contribution >= 0.6 is 0 Å². The predicted molar refractivity (Wildman–Crippen MR) is 51.2 cm³/mol. The van der Waals surface area contributed by atoms with Crippen LogP contribution in [0.25, 0.3) is 0 Å². The molecule has 0 bridgehead atoms. The number of hydrogen-bond donors (Lipinski definition) is 1. The molecule has 2 fully saturated rings. The highest BCUT2D eigenvalue weighted by molar-refractivity contribution is 5.73. The zero-order valence-electron chi connectivity index (χ0n) is 8.25. The second kappa shape index (κ2) is 2.89. The SMILES string of the molecule is CC1CCC2(CC1)CN(C(N)=O)C2. The van der Waals surface area contributed by atoms with E-state index in [0.717, 1.165) is 19.0 Å². The van der Waals surface area contributed by atoms with Gasteiger partial charge in [-0.15, -0.1) is 0 Å². The van der Waals surface area contributed by atoms with E-state index in [2.05, 4.69) is 6.92 Å². The summed E-state index contributed by atoms with van der Waals surface area (Å²) in [5.41, 5.74) is 5.66. The molecule has 2 rings (SSSR count). The number of carbonyl (C=O) groups is 1. The van der Waals surface area contributed by atoms with Crippen molar-refractivity contribution < 1.29 is 4.79 Å². The highest BCUT2D eigenvalue weighted by Crippen LogP contribution is 2.45. The molecule has 0 radical (unpaired) electrons. The van der Waals surface area contributed by atoms with E-state index in [4.69, 9.17) is 5.73 Å². The number of likely N-dealkylation sites (tertiary alicyclic amines) is 1. The van der Waals surface area contributed by atoms with Crippen molar-refractivity contribution in [2.75, 3.05) is 13.1 Å². The van der Waals surface area contributed by atoms with E-state index in [0.29, 0.717) is 5.41 Å². The lowest BCUT2D eigenvalue weighted by molar-refractivity contribution is -0.00632. The average molecular weight is 182 g/mol. The summed E-state index contributed by atoms with van der Waals surface area (Å²) in [5, 5.41) is 0. The standard InChI is InChI=1S/C10H18N2O/c1-8-2-4-10(5-3-8)6-12(7-10)9(11)13/h8H,2-7H2,1H3,(H2,11,13). The van der Waals surface area contributed by atoms with Crippen molar-refractivity contribution in [1.82, 2.24) is 4.90 Å². The van der Waals surface area contributed by atoms with E-state index in [9.17, 15) is 4.79 Å². The van der Waals surface area contributed by atoms with Gasteiger partial charge in [0.1, 0.15) is 0 Å². The average Bonchev–Trinajstić information content (AvgIpc) is 2.02. The molecule has 0 aromatic rings. The zero-order chi connectivity index (χ0) is 9.47. The van der Waals surface area contributed by atoms with Gasteiger partial charge in [0.2, 0.25) is 0 Å². The Bertz CT molecular complexity index is 211. The molecule has 1 aliphatic heterocycles. The van der Waals surface area contributed by atoms with Crippen molar-refractivity contribution in [2.45, 2.75) is 32.6 Å². The van der Waals surface area contributed by atoms with Gasteiger partial charge in [0.05, 0.1) is 0 Å². The third-order valence-electron chi connectivity index (χ3n) is 3.70. The van der Waals surface area contributed by atoms with Gasteiger partial charge in [-0.25, -0.2) is 4.79 Å². The monoisotopic (exact) mass is 182 g/mol. The molecule has 2 N–H and O–H groups in total. The largest absolute Gasteiger partial charge is 0.351 e. The van der Waals surface area contributed by atoms with Crippen LogP contribution in [0.1, 0.15) is 32.6 Å². The summed E-state index contributed by atoms with van der Waals surface area (Å²) >= 11 is 0. The van der Waals surface area contributed by atoms with Crippen LogP contribution in [0.4, 0.5) is 4.79 Å². The Morgan fingerprint density at radius 1 is 1.38 bits per heavy atom. The lowest BCUT2D eigenvalue weighted by Crippen LogP contribution is -2.60. The van der Waals surface area contributed by atoms with Crippen LogP contribution in [0.2, 0.25) is 0 Å². The van der Waals surface area contributed by atoms with E-state index in [1.165, 1.54) is 25.7 Å². The third kappa shape index (κ3) is 1.52. The van der Waals surface area contributed by atoms with Crippen LogP contribution in [0.3, 0.4) is 0 Å². The first-order valence-electron chi connectivity index (χ1n) is 5.16. The first-order valence-corrected chi connectivity index (χ1v) is 5.16. The topological polar surface area (TPSA) is 46.3 Å². The number of hydrogen-bond acceptors (Lipinski definition) is 1. The predicted octanol–water partition coefficient (Wildman–Crippen LogP) is 1.58. The summed E-state index contributed by atoms with van der Waals surface area (Å²) < 4.78 is 0. The number of amides is 2. The van der Waals surface area contributed by atoms with Crippen molar-refractivity contribution in [3.63, 3.8) is 0 Å². The third-order valence-corrected chi connectivity index (χ3v) is 3.70. The molecule has 0 aromatic heterocycles. The van der Waals surface area contributed by atoms with Crippen LogP contribution in [0.5, 0.6) is 0 Å². The van der Waals surface area contributed by atoms with Gasteiger partial charge in [0.15, 0.2) is 0 Å².